The lowest BCUT2D eigenvalue weighted by Gasteiger charge is -2.31. The average Bonchev–Trinajstić information content (AvgIpc) is 3.27. The minimum atomic E-state index is 0. The zero-order valence-corrected chi connectivity index (χ0v) is 22.7. The van der Waals surface area contributed by atoms with Gasteiger partial charge < -0.3 is 15.4 Å². The topological polar surface area (TPSA) is 61.8 Å². The molecule has 2 heterocycles. The number of nitrogens with zero attached hydrogens (tertiary/aromatic N) is 3. The fourth-order valence-corrected chi connectivity index (χ4v) is 4.66. The number of piperidine rings is 1. The number of halogens is 1. The molecule has 2 aromatic rings. The first-order chi connectivity index (χ1) is 15.2. The lowest BCUT2D eigenvalue weighted by atomic mass is 9.96. The Morgan fingerprint density at radius 3 is 2.56 bits per heavy atom. The van der Waals surface area contributed by atoms with Gasteiger partial charge in [0, 0.05) is 43.7 Å². The van der Waals surface area contributed by atoms with E-state index in [-0.39, 0.29) is 24.0 Å². The summed E-state index contributed by atoms with van der Waals surface area (Å²) in [7, 11) is 1.71. The largest absolute Gasteiger partial charge is 0.497 e. The number of nitrogens with one attached hydrogen (secondary N) is 2. The van der Waals surface area contributed by atoms with E-state index in [1.165, 1.54) is 28.3 Å². The van der Waals surface area contributed by atoms with Gasteiger partial charge in [0.2, 0.25) is 0 Å². The number of aromatic nitrogens is 1. The van der Waals surface area contributed by atoms with Gasteiger partial charge in [-0.05, 0) is 62.9 Å². The highest BCUT2D eigenvalue weighted by Gasteiger charge is 2.19. The van der Waals surface area contributed by atoms with Crippen LogP contribution in [0.3, 0.4) is 0 Å². The van der Waals surface area contributed by atoms with Crippen molar-refractivity contribution in [2.24, 2.45) is 10.9 Å². The number of thiazole rings is 1. The number of hydrogen-bond acceptors (Lipinski definition) is 5. The minimum Gasteiger partial charge on any atom is -0.497 e. The first-order valence-electron chi connectivity index (χ1n) is 11.5. The monoisotopic (exact) mass is 571 g/mol. The Bertz CT molecular complexity index is 803. The van der Waals surface area contributed by atoms with E-state index in [2.05, 4.69) is 46.5 Å². The number of guanidine groups is 1. The lowest BCUT2D eigenvalue weighted by molar-refractivity contribution is 0.180. The van der Waals surface area contributed by atoms with E-state index >= 15 is 0 Å². The molecule has 2 N–H and O–H groups in total. The number of ether oxygens (including phenoxy) is 1. The molecule has 1 aromatic heterocycles. The standard InChI is InChI=1S/C24H37N5OS.HI/c1-4-22-17-27-23(31-22)10-13-26-24(25-5-2)28-16-19-11-14-29(15-12-19)18-20-6-8-21(30-3)9-7-20;/h6-9,17,19H,4-5,10-16,18H2,1-3H3,(H2,25,26,28);1H. The van der Waals surface area contributed by atoms with E-state index in [4.69, 9.17) is 9.73 Å². The van der Waals surface area contributed by atoms with E-state index in [1.807, 2.05) is 29.7 Å². The maximum Gasteiger partial charge on any atom is 0.191 e. The van der Waals surface area contributed by atoms with Crippen LogP contribution in [-0.4, -0.2) is 55.7 Å². The Morgan fingerprint density at radius 1 is 1.19 bits per heavy atom. The molecule has 8 heteroatoms. The van der Waals surface area contributed by atoms with Crippen molar-refractivity contribution in [1.29, 1.82) is 0 Å². The minimum absolute atomic E-state index is 0. The van der Waals surface area contributed by atoms with Crippen LogP contribution in [-0.2, 0) is 19.4 Å². The quantitative estimate of drug-likeness (QED) is 0.253. The van der Waals surface area contributed by atoms with Gasteiger partial charge in [0.1, 0.15) is 5.75 Å². The summed E-state index contributed by atoms with van der Waals surface area (Å²) >= 11 is 1.81. The zero-order valence-electron chi connectivity index (χ0n) is 19.6. The summed E-state index contributed by atoms with van der Waals surface area (Å²) in [6.45, 7) is 10.2. The van der Waals surface area contributed by atoms with E-state index in [0.717, 1.165) is 63.8 Å². The number of hydrogen-bond donors (Lipinski definition) is 2. The molecule has 0 atom stereocenters. The van der Waals surface area contributed by atoms with E-state index in [9.17, 15) is 0 Å². The highest BCUT2D eigenvalue weighted by Crippen LogP contribution is 2.20. The molecule has 0 unspecified atom stereocenters. The maximum atomic E-state index is 5.25. The second-order valence-corrected chi connectivity index (χ2v) is 9.24. The fraction of sp³-hybridized carbons (Fsp3) is 0.583. The summed E-state index contributed by atoms with van der Waals surface area (Å²) in [4.78, 5) is 13.3. The number of likely N-dealkylation sites (tertiary alicyclic amines) is 1. The summed E-state index contributed by atoms with van der Waals surface area (Å²) in [5.41, 5.74) is 1.35. The summed E-state index contributed by atoms with van der Waals surface area (Å²) < 4.78 is 5.25. The van der Waals surface area contributed by atoms with Gasteiger partial charge in [-0.25, -0.2) is 4.98 Å². The Kier molecular flexibility index (Phi) is 12.3. The molecule has 0 bridgehead atoms. The molecule has 178 valence electrons. The molecule has 1 aromatic carbocycles. The number of rotatable bonds is 10. The molecule has 1 aliphatic rings. The Hall–Kier alpha value is -1.39. The van der Waals surface area contributed by atoms with Crippen LogP contribution in [0.4, 0.5) is 0 Å². The van der Waals surface area contributed by atoms with Gasteiger partial charge in [-0.3, -0.25) is 9.89 Å². The molecule has 0 radical (unpaired) electrons. The van der Waals surface area contributed by atoms with Crippen molar-refractivity contribution in [3.63, 3.8) is 0 Å². The normalized spacial score (nSPS) is 15.3. The predicted octanol–water partition coefficient (Wildman–Crippen LogP) is 4.34. The first kappa shape index (κ1) is 26.9. The molecular weight excluding hydrogens is 533 g/mol. The number of aryl methyl sites for hydroxylation is 1. The van der Waals surface area contributed by atoms with Crippen LogP contribution in [0.5, 0.6) is 5.75 Å². The van der Waals surface area contributed by atoms with Crippen molar-refractivity contribution in [1.82, 2.24) is 20.5 Å². The van der Waals surface area contributed by atoms with Crippen molar-refractivity contribution in [3.05, 3.63) is 45.9 Å². The summed E-state index contributed by atoms with van der Waals surface area (Å²) in [5, 5.41) is 8.05. The van der Waals surface area contributed by atoms with Crippen LogP contribution in [0.15, 0.2) is 35.5 Å². The third kappa shape index (κ3) is 8.86. The third-order valence-corrected chi connectivity index (χ3v) is 6.91. The van der Waals surface area contributed by atoms with Gasteiger partial charge in [-0.2, -0.15) is 0 Å². The summed E-state index contributed by atoms with van der Waals surface area (Å²) in [6.07, 6.45) is 6.42. The molecule has 0 spiro atoms. The van der Waals surface area contributed by atoms with Gasteiger partial charge in [0.15, 0.2) is 5.96 Å². The average molecular weight is 572 g/mol. The summed E-state index contributed by atoms with van der Waals surface area (Å²) in [5.74, 6) is 2.51. The third-order valence-electron chi connectivity index (χ3n) is 5.71. The molecule has 1 fully saturated rings. The van der Waals surface area contributed by atoms with Crippen molar-refractivity contribution in [2.75, 3.05) is 39.8 Å². The smallest absolute Gasteiger partial charge is 0.191 e. The Morgan fingerprint density at radius 2 is 1.94 bits per heavy atom. The van der Waals surface area contributed by atoms with Gasteiger partial charge in [-0.15, -0.1) is 35.3 Å². The van der Waals surface area contributed by atoms with Crippen molar-refractivity contribution in [3.8, 4) is 5.75 Å². The molecule has 0 amide bonds. The molecule has 32 heavy (non-hydrogen) atoms. The Labute approximate surface area is 214 Å². The van der Waals surface area contributed by atoms with E-state index < -0.39 is 0 Å². The molecule has 1 saturated heterocycles. The van der Waals surface area contributed by atoms with Crippen LogP contribution >= 0.6 is 35.3 Å². The fourth-order valence-electron chi connectivity index (χ4n) is 3.79. The van der Waals surface area contributed by atoms with Crippen LogP contribution in [0.2, 0.25) is 0 Å². The SMILES string of the molecule is CCNC(=NCC1CCN(Cc2ccc(OC)cc2)CC1)NCCc1ncc(CC)s1.I. The van der Waals surface area contributed by atoms with E-state index in [1.54, 1.807) is 7.11 Å². The molecule has 6 nitrogen and oxygen atoms in total. The zero-order chi connectivity index (χ0) is 21.9. The molecule has 0 aliphatic carbocycles. The number of methoxy groups -OCH3 is 1. The van der Waals surface area contributed by atoms with Crippen molar-refractivity contribution in [2.45, 2.75) is 46.1 Å². The van der Waals surface area contributed by atoms with E-state index in [0.29, 0.717) is 5.92 Å². The second-order valence-electron chi connectivity index (χ2n) is 8.04. The van der Waals surface area contributed by atoms with Crippen LogP contribution in [0, 0.1) is 5.92 Å². The highest BCUT2D eigenvalue weighted by molar-refractivity contribution is 14.0. The first-order valence-corrected chi connectivity index (χ1v) is 12.3. The second kappa shape index (κ2) is 14.7. The number of aliphatic imine (C=N–C) groups is 1. The summed E-state index contributed by atoms with van der Waals surface area (Å²) in [6, 6.07) is 8.42. The molecular formula is C24H38IN5OS. The van der Waals surface area contributed by atoms with Gasteiger partial charge in [0.25, 0.3) is 0 Å². The van der Waals surface area contributed by atoms with Crippen LogP contribution in [0.25, 0.3) is 0 Å². The molecule has 0 saturated carbocycles. The molecule has 3 rings (SSSR count). The maximum absolute atomic E-state index is 5.25. The van der Waals surface area contributed by atoms with Gasteiger partial charge >= 0.3 is 0 Å². The number of benzene rings is 1. The highest BCUT2D eigenvalue weighted by atomic mass is 127. The lowest BCUT2D eigenvalue weighted by Crippen LogP contribution is -2.39. The van der Waals surface area contributed by atoms with Crippen LogP contribution < -0.4 is 15.4 Å². The van der Waals surface area contributed by atoms with Crippen LogP contribution in [0.1, 0.15) is 42.1 Å². The van der Waals surface area contributed by atoms with Gasteiger partial charge in [0.05, 0.1) is 12.1 Å². The predicted molar refractivity (Wildman–Crippen MR) is 146 cm³/mol. The van der Waals surface area contributed by atoms with Crippen molar-refractivity contribution < 1.29 is 4.74 Å². The Balaban J connectivity index is 0.00000363. The molecule has 1 aliphatic heterocycles. The van der Waals surface area contributed by atoms with Gasteiger partial charge in [-0.1, -0.05) is 19.1 Å². The van der Waals surface area contributed by atoms with Crippen molar-refractivity contribution >= 4 is 41.3 Å².